The largest absolute Gasteiger partial charge is 0.385 e. The maximum atomic E-state index is 10.9. The molecule has 2 unspecified atom stereocenters. The monoisotopic (exact) mass is 296 g/mol. The van der Waals surface area contributed by atoms with E-state index in [1.54, 1.807) is 6.92 Å². The highest BCUT2D eigenvalue weighted by atomic mass is 16.6. The maximum Gasteiger partial charge on any atom is 0.276 e. The van der Waals surface area contributed by atoms with Crippen molar-refractivity contribution in [3.05, 3.63) is 22.2 Å². The van der Waals surface area contributed by atoms with Crippen LogP contribution in [-0.2, 0) is 4.74 Å². The standard InChI is InChI=1S/C13H20N4O4/c1-3-14-11-6-10(17(19)20)7-12(16-11)15-8-13(18)4-5-21-9(13)2/h6-7,9,18H,3-5,8H2,1-2H3,(H2,14,15,16). The minimum atomic E-state index is -0.981. The third-order valence-electron chi connectivity index (χ3n) is 3.61. The molecule has 0 amide bonds. The minimum Gasteiger partial charge on any atom is -0.385 e. The summed E-state index contributed by atoms with van der Waals surface area (Å²) in [6, 6.07) is 2.73. The SMILES string of the molecule is CCNc1cc([N+](=O)[O-])cc(NCC2(O)CCOC2C)n1. The van der Waals surface area contributed by atoms with E-state index in [1.165, 1.54) is 12.1 Å². The molecule has 2 heterocycles. The van der Waals surface area contributed by atoms with E-state index in [2.05, 4.69) is 15.6 Å². The van der Waals surface area contributed by atoms with Crippen molar-refractivity contribution < 1.29 is 14.8 Å². The van der Waals surface area contributed by atoms with Gasteiger partial charge in [-0.3, -0.25) is 10.1 Å². The number of nitro groups is 1. The van der Waals surface area contributed by atoms with Crippen molar-refractivity contribution in [3.8, 4) is 0 Å². The second-order valence-corrected chi connectivity index (χ2v) is 5.10. The molecule has 0 saturated carbocycles. The van der Waals surface area contributed by atoms with Crippen molar-refractivity contribution >= 4 is 17.3 Å². The molecule has 1 aromatic heterocycles. The third-order valence-corrected chi connectivity index (χ3v) is 3.61. The Balaban J connectivity index is 2.13. The number of rotatable bonds is 6. The second-order valence-electron chi connectivity index (χ2n) is 5.10. The van der Waals surface area contributed by atoms with Crippen LogP contribution in [0.4, 0.5) is 17.3 Å². The summed E-state index contributed by atoms with van der Waals surface area (Å²) >= 11 is 0. The number of nitrogens with one attached hydrogen (secondary N) is 2. The number of pyridine rings is 1. The quantitative estimate of drug-likeness (QED) is 0.537. The predicted molar refractivity (Wildman–Crippen MR) is 78.5 cm³/mol. The number of anilines is 2. The summed E-state index contributed by atoms with van der Waals surface area (Å²) in [7, 11) is 0. The maximum absolute atomic E-state index is 10.9. The zero-order valence-corrected chi connectivity index (χ0v) is 12.1. The molecule has 0 bridgehead atoms. The summed E-state index contributed by atoms with van der Waals surface area (Å²) < 4.78 is 5.35. The molecule has 2 rings (SSSR count). The Labute approximate surface area is 122 Å². The lowest BCUT2D eigenvalue weighted by atomic mass is 9.97. The molecular formula is C13H20N4O4. The van der Waals surface area contributed by atoms with Crippen LogP contribution in [-0.4, -0.2) is 46.4 Å². The summed E-state index contributed by atoms with van der Waals surface area (Å²) in [4.78, 5) is 14.7. The van der Waals surface area contributed by atoms with Crippen LogP contribution in [0.25, 0.3) is 0 Å². The molecule has 2 atom stereocenters. The van der Waals surface area contributed by atoms with Gasteiger partial charge in [0.05, 0.1) is 23.2 Å². The molecule has 1 aliphatic heterocycles. The van der Waals surface area contributed by atoms with Gasteiger partial charge in [-0.25, -0.2) is 4.98 Å². The van der Waals surface area contributed by atoms with Crippen LogP contribution in [0.2, 0.25) is 0 Å². The summed E-state index contributed by atoms with van der Waals surface area (Å²) in [5.41, 5.74) is -1.03. The number of aromatic nitrogens is 1. The molecule has 21 heavy (non-hydrogen) atoms. The van der Waals surface area contributed by atoms with Crippen molar-refractivity contribution in [1.29, 1.82) is 0 Å². The fourth-order valence-corrected chi connectivity index (χ4v) is 2.23. The van der Waals surface area contributed by atoms with Crippen LogP contribution in [0.5, 0.6) is 0 Å². The van der Waals surface area contributed by atoms with Crippen LogP contribution >= 0.6 is 0 Å². The van der Waals surface area contributed by atoms with Crippen LogP contribution in [0.3, 0.4) is 0 Å². The number of hydrogen-bond acceptors (Lipinski definition) is 7. The van der Waals surface area contributed by atoms with E-state index >= 15 is 0 Å². The van der Waals surface area contributed by atoms with Gasteiger partial charge in [-0.2, -0.15) is 0 Å². The predicted octanol–water partition coefficient (Wildman–Crippen LogP) is 1.37. The molecule has 0 spiro atoms. The molecule has 1 fully saturated rings. The Bertz CT molecular complexity index is 525. The zero-order valence-electron chi connectivity index (χ0n) is 12.1. The van der Waals surface area contributed by atoms with Crippen molar-refractivity contribution in [1.82, 2.24) is 4.98 Å². The summed E-state index contributed by atoms with van der Waals surface area (Å²) in [6.45, 7) is 5.04. The molecule has 1 aliphatic rings. The van der Waals surface area contributed by atoms with E-state index in [0.717, 1.165) is 0 Å². The Morgan fingerprint density at radius 1 is 1.52 bits per heavy atom. The first-order chi connectivity index (χ1) is 9.94. The average molecular weight is 296 g/mol. The highest BCUT2D eigenvalue weighted by Crippen LogP contribution is 2.27. The van der Waals surface area contributed by atoms with E-state index in [4.69, 9.17) is 4.74 Å². The molecule has 8 heteroatoms. The Hall–Kier alpha value is -1.93. The van der Waals surface area contributed by atoms with E-state index in [-0.39, 0.29) is 18.3 Å². The van der Waals surface area contributed by atoms with E-state index in [1.807, 2.05) is 6.92 Å². The smallest absolute Gasteiger partial charge is 0.276 e. The first-order valence-electron chi connectivity index (χ1n) is 6.93. The van der Waals surface area contributed by atoms with E-state index < -0.39 is 10.5 Å². The van der Waals surface area contributed by atoms with Crippen molar-refractivity contribution in [3.63, 3.8) is 0 Å². The van der Waals surface area contributed by atoms with Gasteiger partial charge in [0.25, 0.3) is 5.69 Å². The first kappa shape index (κ1) is 15.5. The lowest BCUT2D eigenvalue weighted by molar-refractivity contribution is -0.384. The minimum absolute atomic E-state index is 0.0499. The number of aliphatic hydroxyl groups is 1. The van der Waals surface area contributed by atoms with Crippen molar-refractivity contribution in [2.45, 2.75) is 32.0 Å². The average Bonchev–Trinajstić information content (AvgIpc) is 2.77. The van der Waals surface area contributed by atoms with Crippen molar-refractivity contribution in [2.24, 2.45) is 0 Å². The lowest BCUT2D eigenvalue weighted by Gasteiger charge is -2.26. The molecule has 0 aliphatic carbocycles. The molecule has 116 valence electrons. The van der Waals surface area contributed by atoms with E-state index in [9.17, 15) is 15.2 Å². The third kappa shape index (κ3) is 3.59. The van der Waals surface area contributed by atoms with Gasteiger partial charge in [0, 0.05) is 26.1 Å². The summed E-state index contributed by atoms with van der Waals surface area (Å²) in [6.07, 6.45) is 0.243. The molecule has 0 aromatic carbocycles. The van der Waals surface area contributed by atoms with Crippen LogP contribution < -0.4 is 10.6 Å². The zero-order chi connectivity index (χ0) is 15.5. The topological polar surface area (TPSA) is 110 Å². The highest BCUT2D eigenvalue weighted by molar-refractivity contribution is 5.54. The first-order valence-corrected chi connectivity index (χ1v) is 6.93. The van der Waals surface area contributed by atoms with Gasteiger partial charge in [-0.05, 0) is 13.8 Å². The Morgan fingerprint density at radius 2 is 2.19 bits per heavy atom. The van der Waals surface area contributed by atoms with Gasteiger partial charge in [-0.15, -0.1) is 0 Å². The van der Waals surface area contributed by atoms with Gasteiger partial charge >= 0.3 is 0 Å². The van der Waals surface area contributed by atoms with Crippen LogP contribution in [0, 0.1) is 10.1 Å². The molecule has 3 N–H and O–H groups in total. The van der Waals surface area contributed by atoms with Gasteiger partial charge in [0.1, 0.15) is 17.2 Å². The number of ether oxygens (including phenoxy) is 1. The molecule has 8 nitrogen and oxygen atoms in total. The number of hydrogen-bond donors (Lipinski definition) is 3. The number of nitrogens with zero attached hydrogens (tertiary/aromatic N) is 2. The highest BCUT2D eigenvalue weighted by Gasteiger charge is 2.39. The van der Waals surface area contributed by atoms with Crippen molar-refractivity contribution in [2.75, 3.05) is 30.3 Å². The molecule has 1 aromatic rings. The van der Waals surface area contributed by atoms with Gasteiger partial charge in [0.15, 0.2) is 0 Å². The van der Waals surface area contributed by atoms with Gasteiger partial charge in [0.2, 0.25) is 0 Å². The normalized spacial score (nSPS) is 24.8. The van der Waals surface area contributed by atoms with E-state index in [0.29, 0.717) is 31.2 Å². The van der Waals surface area contributed by atoms with Gasteiger partial charge in [-0.1, -0.05) is 0 Å². The second kappa shape index (κ2) is 6.23. The Morgan fingerprint density at radius 3 is 2.71 bits per heavy atom. The molecule has 0 radical (unpaired) electrons. The summed E-state index contributed by atoms with van der Waals surface area (Å²) in [5, 5.41) is 27.3. The molecule has 1 saturated heterocycles. The molecular weight excluding hydrogens is 276 g/mol. The fourth-order valence-electron chi connectivity index (χ4n) is 2.23. The van der Waals surface area contributed by atoms with Crippen LogP contribution in [0.1, 0.15) is 20.3 Å². The summed E-state index contributed by atoms with van der Waals surface area (Å²) in [5.74, 6) is 0.782. The Kier molecular flexibility index (Phi) is 4.59. The van der Waals surface area contributed by atoms with Crippen LogP contribution in [0.15, 0.2) is 12.1 Å². The van der Waals surface area contributed by atoms with Gasteiger partial charge < -0.3 is 20.5 Å². The fraction of sp³-hybridized carbons (Fsp3) is 0.615. The lowest BCUT2D eigenvalue weighted by Crippen LogP contribution is -2.43.